The first-order chi connectivity index (χ1) is 7.93. The van der Waals surface area contributed by atoms with Crippen LogP contribution in [0.3, 0.4) is 0 Å². The minimum Gasteiger partial charge on any atom is -0.372 e. The lowest BCUT2D eigenvalue weighted by Crippen LogP contribution is -2.28. The standard InChI is InChI=1S/C14H16N2/c1-2-4-10-6-12-11(5-9(10)3-1)14(12)13-7-15-8-16-13/h1-4,8,11-14H,5-7H2,(H,15,16)/t11-,12+,13?,14?. The lowest BCUT2D eigenvalue weighted by Gasteiger charge is -2.13. The Morgan fingerprint density at radius 2 is 1.75 bits per heavy atom. The monoisotopic (exact) mass is 212 g/mol. The van der Waals surface area contributed by atoms with Gasteiger partial charge >= 0.3 is 0 Å². The first-order valence-corrected chi connectivity index (χ1v) is 6.24. The normalized spacial score (nSPS) is 38.8. The summed E-state index contributed by atoms with van der Waals surface area (Å²) in [6, 6.07) is 9.59. The van der Waals surface area contributed by atoms with E-state index in [1.54, 1.807) is 11.1 Å². The van der Waals surface area contributed by atoms with Gasteiger partial charge in [0.05, 0.1) is 12.9 Å². The van der Waals surface area contributed by atoms with Gasteiger partial charge in [0.25, 0.3) is 0 Å². The van der Waals surface area contributed by atoms with Gasteiger partial charge in [0.1, 0.15) is 0 Å². The molecule has 16 heavy (non-hydrogen) atoms. The third kappa shape index (κ3) is 1.16. The third-order valence-corrected chi connectivity index (χ3v) is 4.57. The Morgan fingerprint density at radius 3 is 2.31 bits per heavy atom. The van der Waals surface area contributed by atoms with Gasteiger partial charge in [0, 0.05) is 6.04 Å². The first kappa shape index (κ1) is 8.80. The fraction of sp³-hybridized carbons (Fsp3) is 0.500. The van der Waals surface area contributed by atoms with Gasteiger partial charge in [0.15, 0.2) is 0 Å². The molecule has 0 aromatic heterocycles. The van der Waals surface area contributed by atoms with Gasteiger partial charge in [-0.15, -0.1) is 0 Å². The van der Waals surface area contributed by atoms with Crippen molar-refractivity contribution in [3.05, 3.63) is 35.4 Å². The molecule has 0 spiro atoms. The van der Waals surface area contributed by atoms with Crippen molar-refractivity contribution in [2.24, 2.45) is 22.7 Å². The number of fused-ring (bicyclic) bond motifs is 2. The topological polar surface area (TPSA) is 24.4 Å². The molecule has 2 nitrogen and oxygen atoms in total. The van der Waals surface area contributed by atoms with Gasteiger partial charge in [-0.2, -0.15) is 0 Å². The van der Waals surface area contributed by atoms with E-state index in [0.717, 1.165) is 24.3 Å². The maximum Gasteiger partial charge on any atom is 0.0827 e. The molecule has 1 N–H and O–H groups in total. The van der Waals surface area contributed by atoms with Gasteiger partial charge in [0.2, 0.25) is 0 Å². The summed E-state index contributed by atoms with van der Waals surface area (Å²) in [6.45, 7) is 0.994. The van der Waals surface area contributed by atoms with Gasteiger partial charge < -0.3 is 5.32 Å². The van der Waals surface area contributed by atoms with E-state index in [2.05, 4.69) is 34.6 Å². The molecule has 1 fully saturated rings. The first-order valence-electron chi connectivity index (χ1n) is 6.24. The van der Waals surface area contributed by atoms with E-state index < -0.39 is 0 Å². The molecule has 4 atom stereocenters. The van der Waals surface area contributed by atoms with Gasteiger partial charge in [-0.3, -0.25) is 4.99 Å². The SMILES string of the molecule is C1=NCC(C2[C@H]3Cc4ccccc4C[C@@H]23)N1. The molecular formula is C14H16N2. The average Bonchev–Trinajstić information content (AvgIpc) is 2.76. The fourth-order valence-corrected chi connectivity index (χ4v) is 3.71. The van der Waals surface area contributed by atoms with Crippen molar-refractivity contribution in [1.82, 2.24) is 5.32 Å². The molecule has 82 valence electrons. The fourth-order valence-electron chi connectivity index (χ4n) is 3.71. The Morgan fingerprint density at radius 1 is 1.06 bits per heavy atom. The average molecular weight is 212 g/mol. The molecule has 1 aromatic carbocycles. The zero-order chi connectivity index (χ0) is 10.5. The van der Waals surface area contributed by atoms with Crippen LogP contribution in [0, 0.1) is 17.8 Å². The van der Waals surface area contributed by atoms with Crippen molar-refractivity contribution in [2.75, 3.05) is 6.54 Å². The van der Waals surface area contributed by atoms with Crippen molar-refractivity contribution in [1.29, 1.82) is 0 Å². The Bertz CT molecular complexity index is 413. The summed E-state index contributed by atoms with van der Waals surface area (Å²) >= 11 is 0. The van der Waals surface area contributed by atoms with E-state index >= 15 is 0 Å². The number of benzene rings is 1. The predicted octanol–water partition coefficient (Wildman–Crippen LogP) is 1.65. The third-order valence-electron chi connectivity index (χ3n) is 4.57. The minimum absolute atomic E-state index is 0.629. The quantitative estimate of drug-likeness (QED) is 0.752. The summed E-state index contributed by atoms with van der Waals surface area (Å²) < 4.78 is 0. The molecular weight excluding hydrogens is 196 g/mol. The molecule has 0 amide bonds. The smallest absolute Gasteiger partial charge is 0.0827 e. The van der Waals surface area contributed by atoms with Crippen molar-refractivity contribution in [2.45, 2.75) is 18.9 Å². The molecule has 1 aromatic rings. The molecule has 2 unspecified atom stereocenters. The van der Waals surface area contributed by atoms with Crippen molar-refractivity contribution < 1.29 is 0 Å². The van der Waals surface area contributed by atoms with E-state index in [1.165, 1.54) is 12.8 Å². The van der Waals surface area contributed by atoms with Crippen molar-refractivity contribution in [3.8, 4) is 0 Å². The molecule has 2 heteroatoms. The van der Waals surface area contributed by atoms with Crippen LogP contribution in [0.25, 0.3) is 0 Å². The molecule has 2 aliphatic carbocycles. The second kappa shape index (κ2) is 3.09. The molecule has 4 rings (SSSR count). The number of nitrogens with zero attached hydrogens (tertiary/aromatic N) is 1. The molecule has 0 bridgehead atoms. The van der Waals surface area contributed by atoms with E-state index in [4.69, 9.17) is 0 Å². The largest absolute Gasteiger partial charge is 0.372 e. The van der Waals surface area contributed by atoms with E-state index in [0.29, 0.717) is 6.04 Å². The van der Waals surface area contributed by atoms with E-state index in [-0.39, 0.29) is 0 Å². The number of hydrogen-bond donors (Lipinski definition) is 1. The lowest BCUT2D eigenvalue weighted by molar-refractivity contribution is 0.529. The summed E-state index contributed by atoms with van der Waals surface area (Å²) in [6.07, 6.45) is 4.48. The second-order valence-corrected chi connectivity index (χ2v) is 5.35. The van der Waals surface area contributed by atoms with E-state index in [1.807, 2.05) is 6.34 Å². The zero-order valence-corrected chi connectivity index (χ0v) is 9.26. The van der Waals surface area contributed by atoms with Crippen molar-refractivity contribution in [3.63, 3.8) is 0 Å². The summed E-state index contributed by atoms with van der Waals surface area (Å²) in [5.41, 5.74) is 3.18. The van der Waals surface area contributed by atoms with Gasteiger partial charge in [-0.25, -0.2) is 0 Å². The Hall–Kier alpha value is -1.31. The van der Waals surface area contributed by atoms with Crippen LogP contribution in [0.4, 0.5) is 0 Å². The molecule has 3 aliphatic rings. The van der Waals surface area contributed by atoms with Crippen LogP contribution in [0.5, 0.6) is 0 Å². The summed E-state index contributed by atoms with van der Waals surface area (Å²) in [7, 11) is 0. The lowest BCUT2D eigenvalue weighted by atomic mass is 9.92. The van der Waals surface area contributed by atoms with Crippen LogP contribution in [0.15, 0.2) is 29.3 Å². The number of aliphatic imine (C=N–C) groups is 1. The molecule has 1 heterocycles. The van der Waals surface area contributed by atoms with Crippen LogP contribution in [-0.2, 0) is 12.8 Å². The summed E-state index contributed by atoms with van der Waals surface area (Å²) in [5, 5.41) is 3.41. The maximum atomic E-state index is 4.30. The van der Waals surface area contributed by atoms with Crippen molar-refractivity contribution >= 4 is 6.34 Å². The highest BCUT2D eigenvalue weighted by molar-refractivity contribution is 5.57. The van der Waals surface area contributed by atoms with Crippen LogP contribution in [0.2, 0.25) is 0 Å². The molecule has 0 saturated heterocycles. The highest BCUT2D eigenvalue weighted by atomic mass is 15.1. The van der Waals surface area contributed by atoms with Crippen LogP contribution in [-0.4, -0.2) is 18.9 Å². The summed E-state index contributed by atoms with van der Waals surface area (Å²) in [5.74, 6) is 2.72. The molecule has 1 saturated carbocycles. The van der Waals surface area contributed by atoms with Gasteiger partial charge in [-0.05, 0) is 41.7 Å². The van der Waals surface area contributed by atoms with Crippen LogP contribution < -0.4 is 5.32 Å². The van der Waals surface area contributed by atoms with E-state index in [9.17, 15) is 0 Å². The number of nitrogens with one attached hydrogen (secondary N) is 1. The highest BCUT2D eigenvalue weighted by Gasteiger charge is 2.55. The Labute approximate surface area is 95.8 Å². The second-order valence-electron chi connectivity index (χ2n) is 5.35. The highest BCUT2D eigenvalue weighted by Crippen LogP contribution is 2.55. The molecule has 0 radical (unpaired) electrons. The van der Waals surface area contributed by atoms with Crippen LogP contribution in [0.1, 0.15) is 11.1 Å². The Balaban J connectivity index is 1.56. The zero-order valence-electron chi connectivity index (χ0n) is 9.26. The Kier molecular flexibility index (Phi) is 1.70. The number of hydrogen-bond acceptors (Lipinski definition) is 2. The molecule has 1 aliphatic heterocycles. The summed E-state index contributed by atoms with van der Waals surface area (Å²) in [4.78, 5) is 4.30. The minimum atomic E-state index is 0.629. The predicted molar refractivity (Wildman–Crippen MR) is 64.6 cm³/mol. The van der Waals surface area contributed by atoms with Crippen LogP contribution >= 0.6 is 0 Å². The number of rotatable bonds is 1. The maximum absolute atomic E-state index is 4.30. The van der Waals surface area contributed by atoms with Gasteiger partial charge in [-0.1, -0.05) is 24.3 Å².